The minimum absolute atomic E-state index is 0.202. The Morgan fingerprint density at radius 3 is 1.96 bits per heavy atom. The van der Waals surface area contributed by atoms with Crippen LogP contribution in [0.25, 0.3) is 22.8 Å². The van der Waals surface area contributed by atoms with Crippen LogP contribution in [0.3, 0.4) is 0 Å². The molecule has 3 aromatic carbocycles. The normalized spacial score (nSPS) is 10.8. The topological polar surface area (TPSA) is 39.8 Å². The molecular formula is C20H14BrN3O. The predicted molar refractivity (Wildman–Crippen MR) is 102 cm³/mol. The van der Waals surface area contributed by atoms with Crippen molar-refractivity contribution in [2.45, 2.75) is 0 Å². The molecule has 0 amide bonds. The van der Waals surface area contributed by atoms with E-state index >= 15 is 0 Å². The molecule has 0 unspecified atom stereocenters. The lowest BCUT2D eigenvalue weighted by Gasteiger charge is -2.05. The zero-order chi connectivity index (χ0) is 17.2. The van der Waals surface area contributed by atoms with Crippen molar-refractivity contribution in [2.24, 2.45) is 0 Å². The quantitative estimate of drug-likeness (QED) is 0.517. The molecule has 4 rings (SSSR count). The molecule has 0 radical (unpaired) electrons. The van der Waals surface area contributed by atoms with E-state index in [0.717, 1.165) is 21.4 Å². The van der Waals surface area contributed by atoms with Crippen LogP contribution in [-0.2, 0) is 0 Å². The summed E-state index contributed by atoms with van der Waals surface area (Å²) < 4.78 is 4.02. The molecule has 0 bridgehead atoms. The molecular weight excluding hydrogens is 378 g/mol. The van der Waals surface area contributed by atoms with Crippen LogP contribution < -0.4 is 5.69 Å². The molecule has 1 heterocycles. The van der Waals surface area contributed by atoms with Crippen molar-refractivity contribution in [2.75, 3.05) is 0 Å². The number of rotatable bonds is 3. The maximum atomic E-state index is 13.1. The lowest BCUT2D eigenvalue weighted by Crippen LogP contribution is -2.22. The van der Waals surface area contributed by atoms with E-state index in [-0.39, 0.29) is 5.69 Å². The van der Waals surface area contributed by atoms with Crippen molar-refractivity contribution in [1.82, 2.24) is 14.3 Å². The minimum Gasteiger partial charge on any atom is -0.245 e. The maximum Gasteiger partial charge on any atom is 0.355 e. The van der Waals surface area contributed by atoms with Crippen LogP contribution in [0.2, 0.25) is 0 Å². The van der Waals surface area contributed by atoms with Gasteiger partial charge >= 0.3 is 5.69 Å². The van der Waals surface area contributed by atoms with Gasteiger partial charge in [0.2, 0.25) is 0 Å². The second-order valence-electron chi connectivity index (χ2n) is 5.53. The Morgan fingerprint density at radius 2 is 1.32 bits per heavy atom. The first kappa shape index (κ1) is 15.6. The Bertz CT molecular complexity index is 1050. The highest BCUT2D eigenvalue weighted by Gasteiger charge is 2.17. The number of aromatic nitrogens is 3. The Labute approximate surface area is 153 Å². The second-order valence-corrected chi connectivity index (χ2v) is 6.45. The van der Waals surface area contributed by atoms with Crippen molar-refractivity contribution in [3.8, 4) is 22.8 Å². The van der Waals surface area contributed by atoms with Crippen molar-refractivity contribution in [1.29, 1.82) is 0 Å². The van der Waals surface area contributed by atoms with Crippen molar-refractivity contribution >= 4 is 15.9 Å². The van der Waals surface area contributed by atoms with Crippen LogP contribution in [0.15, 0.2) is 94.2 Å². The molecule has 0 saturated heterocycles. The third kappa shape index (κ3) is 2.94. The van der Waals surface area contributed by atoms with Crippen LogP contribution in [0, 0.1) is 0 Å². The molecule has 4 aromatic rings. The first-order valence-corrected chi connectivity index (χ1v) is 8.62. The summed E-state index contributed by atoms with van der Waals surface area (Å²) in [5, 5.41) is 4.61. The summed E-state index contributed by atoms with van der Waals surface area (Å²) >= 11 is 3.42. The first-order valence-electron chi connectivity index (χ1n) is 7.83. The van der Waals surface area contributed by atoms with Gasteiger partial charge in [0, 0.05) is 10.0 Å². The average molecular weight is 392 g/mol. The molecule has 0 atom stereocenters. The molecule has 0 saturated carbocycles. The fraction of sp³-hybridized carbons (Fsp3) is 0. The van der Waals surface area contributed by atoms with E-state index in [0.29, 0.717) is 5.82 Å². The van der Waals surface area contributed by atoms with Crippen molar-refractivity contribution < 1.29 is 0 Å². The van der Waals surface area contributed by atoms with Gasteiger partial charge in [-0.1, -0.05) is 64.5 Å². The van der Waals surface area contributed by atoms with Gasteiger partial charge in [0.25, 0.3) is 0 Å². The smallest absolute Gasteiger partial charge is 0.245 e. The number of hydrogen-bond acceptors (Lipinski definition) is 2. The Hall–Kier alpha value is -2.92. The summed E-state index contributed by atoms with van der Waals surface area (Å²) in [6, 6.07) is 26.8. The maximum absolute atomic E-state index is 13.1. The highest BCUT2D eigenvalue weighted by Crippen LogP contribution is 2.20. The van der Waals surface area contributed by atoms with Crippen LogP contribution in [0.4, 0.5) is 0 Å². The average Bonchev–Trinajstić information content (AvgIpc) is 3.01. The van der Waals surface area contributed by atoms with Crippen LogP contribution in [-0.4, -0.2) is 14.3 Å². The lowest BCUT2D eigenvalue weighted by atomic mass is 10.2. The Balaban J connectivity index is 1.98. The highest BCUT2D eigenvalue weighted by atomic mass is 79.9. The Kier molecular flexibility index (Phi) is 4.07. The van der Waals surface area contributed by atoms with Gasteiger partial charge in [-0.2, -0.15) is 4.68 Å². The fourth-order valence-electron chi connectivity index (χ4n) is 2.70. The zero-order valence-electron chi connectivity index (χ0n) is 13.2. The SMILES string of the molecule is O=c1n(-c2ccc(Br)cc2)nc(-c2ccccc2)n1-c1ccccc1. The highest BCUT2D eigenvalue weighted by molar-refractivity contribution is 9.10. The van der Waals surface area contributed by atoms with Gasteiger partial charge in [0.1, 0.15) is 0 Å². The van der Waals surface area contributed by atoms with Gasteiger partial charge in [-0.25, -0.2) is 9.36 Å². The van der Waals surface area contributed by atoms with E-state index in [2.05, 4.69) is 21.0 Å². The number of halogens is 1. The summed E-state index contributed by atoms with van der Waals surface area (Å²) in [4.78, 5) is 13.1. The summed E-state index contributed by atoms with van der Waals surface area (Å²) in [6.45, 7) is 0. The van der Waals surface area contributed by atoms with E-state index < -0.39 is 0 Å². The molecule has 122 valence electrons. The summed E-state index contributed by atoms with van der Waals surface area (Å²) in [7, 11) is 0. The number of nitrogens with zero attached hydrogens (tertiary/aromatic N) is 3. The number of para-hydroxylation sites is 1. The fourth-order valence-corrected chi connectivity index (χ4v) is 2.97. The molecule has 0 fully saturated rings. The van der Waals surface area contributed by atoms with E-state index in [9.17, 15) is 4.79 Å². The summed E-state index contributed by atoms with van der Waals surface area (Å²) in [5.74, 6) is 0.611. The van der Waals surface area contributed by atoms with E-state index in [1.54, 1.807) is 4.57 Å². The largest absolute Gasteiger partial charge is 0.355 e. The molecule has 0 spiro atoms. The second kappa shape index (κ2) is 6.53. The van der Waals surface area contributed by atoms with Crippen molar-refractivity contribution in [3.63, 3.8) is 0 Å². The molecule has 1 aromatic heterocycles. The van der Waals surface area contributed by atoms with Gasteiger partial charge in [-0.3, -0.25) is 0 Å². The van der Waals surface area contributed by atoms with Gasteiger partial charge in [0.05, 0.1) is 11.4 Å². The monoisotopic (exact) mass is 391 g/mol. The summed E-state index contributed by atoms with van der Waals surface area (Å²) in [5.41, 5.74) is 2.20. The minimum atomic E-state index is -0.202. The van der Waals surface area contributed by atoms with Crippen LogP contribution in [0.5, 0.6) is 0 Å². The number of hydrogen-bond donors (Lipinski definition) is 0. The molecule has 0 aliphatic rings. The van der Waals surface area contributed by atoms with E-state index in [4.69, 9.17) is 0 Å². The number of benzene rings is 3. The molecule has 4 nitrogen and oxygen atoms in total. The molecule has 0 aliphatic heterocycles. The van der Waals surface area contributed by atoms with E-state index in [1.165, 1.54) is 4.68 Å². The van der Waals surface area contributed by atoms with E-state index in [1.807, 2.05) is 84.9 Å². The molecule has 5 heteroatoms. The van der Waals surface area contributed by atoms with Crippen LogP contribution in [0.1, 0.15) is 0 Å². The molecule has 0 aliphatic carbocycles. The standard InChI is InChI=1S/C20H14BrN3O/c21-16-11-13-18(14-12-16)24-20(25)23(17-9-5-2-6-10-17)19(22-24)15-7-3-1-4-8-15/h1-14H. The predicted octanol–water partition coefficient (Wildman–Crippen LogP) is 4.45. The zero-order valence-corrected chi connectivity index (χ0v) is 14.8. The van der Waals surface area contributed by atoms with Gasteiger partial charge in [-0.05, 0) is 36.4 Å². The van der Waals surface area contributed by atoms with Crippen molar-refractivity contribution in [3.05, 3.63) is 99.9 Å². The third-order valence-corrected chi connectivity index (χ3v) is 4.43. The van der Waals surface area contributed by atoms with Gasteiger partial charge in [-0.15, -0.1) is 5.10 Å². The third-order valence-electron chi connectivity index (χ3n) is 3.90. The lowest BCUT2D eigenvalue weighted by molar-refractivity contribution is 0.830. The van der Waals surface area contributed by atoms with Crippen LogP contribution >= 0.6 is 15.9 Å². The Morgan fingerprint density at radius 1 is 0.720 bits per heavy atom. The first-order chi connectivity index (χ1) is 12.2. The van der Waals surface area contributed by atoms with Gasteiger partial charge < -0.3 is 0 Å². The molecule has 0 N–H and O–H groups in total. The van der Waals surface area contributed by atoms with Gasteiger partial charge in [0.15, 0.2) is 5.82 Å². The molecule has 25 heavy (non-hydrogen) atoms. The summed E-state index contributed by atoms with van der Waals surface area (Å²) in [6.07, 6.45) is 0.